The van der Waals surface area contributed by atoms with Gasteiger partial charge in [-0.3, -0.25) is 10.2 Å². The molecule has 182 valence electrons. The van der Waals surface area contributed by atoms with Crippen LogP contribution in [0.25, 0.3) is 6.08 Å². The lowest BCUT2D eigenvalue weighted by molar-refractivity contribution is -0.114. The summed E-state index contributed by atoms with van der Waals surface area (Å²) in [6.07, 6.45) is 2.24. The zero-order valence-electron chi connectivity index (χ0n) is 19.2. The van der Waals surface area contributed by atoms with Crippen LogP contribution in [-0.2, 0) is 14.6 Å². The first kappa shape index (κ1) is 24.7. The molecule has 2 heterocycles. The van der Waals surface area contributed by atoms with Crippen molar-refractivity contribution in [1.29, 1.82) is 5.41 Å². The first-order valence-electron chi connectivity index (χ1n) is 10.9. The van der Waals surface area contributed by atoms with E-state index in [1.165, 1.54) is 18.6 Å². The number of nitrogens with zero attached hydrogens (tertiary/aromatic N) is 3. The molecule has 0 bridgehead atoms. The summed E-state index contributed by atoms with van der Waals surface area (Å²) in [4.78, 5) is 16.4. The van der Waals surface area contributed by atoms with Crippen LogP contribution in [0, 0.1) is 12.3 Å². The normalized spacial score (nSPS) is 16.7. The fourth-order valence-electron chi connectivity index (χ4n) is 3.12. The molecule has 2 aliphatic rings. The summed E-state index contributed by atoms with van der Waals surface area (Å²) in [6, 6.07) is 15.0. The quantitative estimate of drug-likeness (QED) is 0.421. The van der Waals surface area contributed by atoms with Gasteiger partial charge in [0.25, 0.3) is 5.91 Å². The van der Waals surface area contributed by atoms with Crippen LogP contribution < -0.4 is 9.47 Å². The van der Waals surface area contributed by atoms with Gasteiger partial charge in [-0.25, -0.2) is 8.42 Å². The predicted molar refractivity (Wildman–Crippen MR) is 138 cm³/mol. The van der Waals surface area contributed by atoms with E-state index in [0.717, 1.165) is 28.9 Å². The van der Waals surface area contributed by atoms with Crippen LogP contribution in [0.4, 0.5) is 0 Å². The Kier molecular flexibility index (Phi) is 7.37. The molecular weight excluding hydrogens is 488 g/mol. The average Bonchev–Trinajstić information content (AvgIpc) is 3.29. The molecule has 2 aliphatic heterocycles. The number of thioether (sulfide) groups is 1. The second-order valence-corrected chi connectivity index (χ2v) is 11.1. The van der Waals surface area contributed by atoms with E-state index < -0.39 is 15.7 Å². The van der Waals surface area contributed by atoms with Gasteiger partial charge in [0.2, 0.25) is 19.4 Å². The molecule has 4 rings (SSSR count). The molecule has 2 aromatic carbocycles. The number of carbonyl (C=O) groups is 1. The Morgan fingerprint density at radius 3 is 2.23 bits per heavy atom. The van der Waals surface area contributed by atoms with E-state index in [0.29, 0.717) is 24.5 Å². The molecule has 0 saturated heterocycles. The third-order valence-corrected chi connectivity index (χ3v) is 8.21. The zero-order chi connectivity index (χ0) is 25.0. The van der Waals surface area contributed by atoms with Crippen LogP contribution in [0.3, 0.4) is 0 Å². The van der Waals surface area contributed by atoms with Crippen molar-refractivity contribution in [2.24, 2.45) is 10.1 Å². The Labute approximate surface area is 208 Å². The summed E-state index contributed by atoms with van der Waals surface area (Å²) < 4.78 is 35.5. The highest BCUT2D eigenvalue weighted by Gasteiger charge is 2.39. The second kappa shape index (κ2) is 10.4. The molecule has 1 amide bonds. The van der Waals surface area contributed by atoms with Crippen molar-refractivity contribution in [2.75, 3.05) is 19.0 Å². The van der Waals surface area contributed by atoms with Gasteiger partial charge >= 0.3 is 0 Å². The molecule has 11 heteroatoms. The summed E-state index contributed by atoms with van der Waals surface area (Å²) in [5, 5.41) is 13.5. The minimum absolute atomic E-state index is 0.0233. The fourth-order valence-corrected chi connectivity index (χ4v) is 5.29. The van der Waals surface area contributed by atoms with Crippen LogP contribution >= 0.6 is 11.8 Å². The molecule has 0 aliphatic carbocycles. The van der Waals surface area contributed by atoms with Crippen LogP contribution in [0.2, 0.25) is 0 Å². The van der Waals surface area contributed by atoms with Crippen molar-refractivity contribution < 1.29 is 22.7 Å². The highest BCUT2D eigenvalue weighted by molar-refractivity contribution is 8.42. The van der Waals surface area contributed by atoms with Gasteiger partial charge in [0.1, 0.15) is 11.5 Å². The average molecular weight is 513 g/mol. The van der Waals surface area contributed by atoms with Crippen LogP contribution in [-0.4, -0.2) is 53.7 Å². The number of hydrogen-bond acceptors (Lipinski definition) is 8. The molecule has 0 atom stereocenters. The molecule has 0 unspecified atom stereocenters. The van der Waals surface area contributed by atoms with E-state index >= 15 is 0 Å². The molecule has 1 N–H and O–H groups in total. The van der Waals surface area contributed by atoms with Gasteiger partial charge in [0.15, 0.2) is 5.84 Å². The fraction of sp³-hybridized carbons (Fsp3) is 0.250. The number of rotatable bonds is 8. The number of benzene rings is 2. The SMILES string of the molecule is CCS(=O)(=O)C1=NN2C(=N)/C(=C/c3ccc(OCCCOc4ccc(C)cc4)cc3)C(=O)N=C2S1. The summed E-state index contributed by atoms with van der Waals surface area (Å²) in [5.74, 6) is 0.533. The maximum absolute atomic E-state index is 12.5. The molecule has 0 spiro atoms. The van der Waals surface area contributed by atoms with Crippen molar-refractivity contribution >= 4 is 49.0 Å². The predicted octanol–water partition coefficient (Wildman–Crippen LogP) is 3.85. The molecule has 0 radical (unpaired) electrons. The summed E-state index contributed by atoms with van der Waals surface area (Å²) in [7, 11) is -3.56. The van der Waals surface area contributed by atoms with E-state index in [4.69, 9.17) is 14.9 Å². The first-order chi connectivity index (χ1) is 16.8. The van der Waals surface area contributed by atoms with E-state index in [9.17, 15) is 13.2 Å². The number of hydrazone groups is 1. The minimum atomic E-state index is -3.56. The number of sulfone groups is 1. The molecule has 0 saturated carbocycles. The third kappa shape index (κ3) is 5.80. The van der Waals surface area contributed by atoms with E-state index in [2.05, 4.69) is 10.1 Å². The number of hydrogen-bond donors (Lipinski definition) is 1. The van der Waals surface area contributed by atoms with E-state index in [-0.39, 0.29) is 26.7 Å². The second-order valence-electron chi connectivity index (χ2n) is 7.72. The standard InChI is InChI=1S/C24H24N4O5S2/c1-3-35(30,31)24-27-28-21(25)20(22(29)26-23(28)34-24)15-17-7-11-19(12-8-17)33-14-4-13-32-18-9-5-16(2)6-10-18/h5-12,15,25H,3-4,13-14H2,1-2H3/b20-15-,25-21?. The summed E-state index contributed by atoms with van der Waals surface area (Å²) >= 11 is 0.778. The van der Waals surface area contributed by atoms with Crippen molar-refractivity contribution in [3.63, 3.8) is 0 Å². The largest absolute Gasteiger partial charge is 0.493 e. The van der Waals surface area contributed by atoms with Crippen molar-refractivity contribution in [3.05, 3.63) is 65.2 Å². The Balaban J connectivity index is 1.34. The highest BCUT2D eigenvalue weighted by atomic mass is 32.3. The van der Waals surface area contributed by atoms with Gasteiger partial charge in [-0.1, -0.05) is 36.8 Å². The van der Waals surface area contributed by atoms with Crippen LogP contribution in [0.5, 0.6) is 11.5 Å². The number of nitrogens with one attached hydrogen (secondary N) is 1. The molecule has 0 fully saturated rings. The zero-order valence-corrected chi connectivity index (χ0v) is 20.9. The number of amidine groups is 2. The Bertz CT molecular complexity index is 1330. The topological polar surface area (TPSA) is 121 Å². The van der Waals surface area contributed by atoms with Crippen molar-refractivity contribution in [2.45, 2.75) is 20.3 Å². The lowest BCUT2D eigenvalue weighted by Crippen LogP contribution is -2.35. The first-order valence-corrected chi connectivity index (χ1v) is 13.4. The molecule has 9 nitrogen and oxygen atoms in total. The minimum Gasteiger partial charge on any atom is -0.493 e. The Morgan fingerprint density at radius 2 is 1.63 bits per heavy atom. The van der Waals surface area contributed by atoms with Gasteiger partial charge in [-0.05, 0) is 54.6 Å². The van der Waals surface area contributed by atoms with E-state index in [1.54, 1.807) is 24.3 Å². The molecular formula is C24H24N4O5S2. The summed E-state index contributed by atoms with van der Waals surface area (Å²) in [5.41, 5.74) is 1.88. The number of fused-ring (bicyclic) bond motifs is 1. The monoisotopic (exact) mass is 512 g/mol. The lowest BCUT2D eigenvalue weighted by atomic mass is 10.1. The van der Waals surface area contributed by atoms with E-state index in [1.807, 2.05) is 31.2 Å². The van der Waals surface area contributed by atoms with Gasteiger partial charge in [-0.2, -0.15) is 10.0 Å². The van der Waals surface area contributed by atoms with Gasteiger partial charge in [0.05, 0.1) is 24.5 Å². The Hall–Kier alpha value is -3.44. The number of amides is 1. The smallest absolute Gasteiger partial charge is 0.283 e. The molecule has 2 aromatic rings. The summed E-state index contributed by atoms with van der Waals surface area (Å²) in [6.45, 7) is 4.56. The maximum atomic E-state index is 12.5. The molecule has 35 heavy (non-hydrogen) atoms. The number of aliphatic imine (C=N–C) groups is 1. The van der Waals surface area contributed by atoms with Gasteiger partial charge < -0.3 is 9.47 Å². The number of carbonyl (C=O) groups excluding carboxylic acids is 1. The van der Waals surface area contributed by atoms with Gasteiger partial charge in [-0.15, -0.1) is 5.10 Å². The number of ether oxygens (including phenoxy) is 2. The number of aryl methyl sites for hydroxylation is 1. The van der Waals surface area contributed by atoms with Crippen LogP contribution in [0.15, 0.2) is 64.2 Å². The lowest BCUT2D eigenvalue weighted by Gasteiger charge is -2.20. The van der Waals surface area contributed by atoms with Crippen molar-refractivity contribution in [3.8, 4) is 11.5 Å². The van der Waals surface area contributed by atoms with Gasteiger partial charge in [0, 0.05) is 6.42 Å². The highest BCUT2D eigenvalue weighted by Crippen LogP contribution is 2.30. The van der Waals surface area contributed by atoms with Crippen molar-refractivity contribution in [1.82, 2.24) is 5.01 Å². The third-order valence-electron chi connectivity index (χ3n) is 5.12. The van der Waals surface area contributed by atoms with Crippen LogP contribution in [0.1, 0.15) is 24.5 Å². The molecule has 0 aromatic heterocycles. The Morgan fingerprint density at radius 1 is 1.03 bits per heavy atom. The maximum Gasteiger partial charge on any atom is 0.283 e.